The Labute approximate surface area is 151 Å². The Morgan fingerprint density at radius 1 is 0.815 bits per heavy atom. The third-order valence-corrected chi connectivity index (χ3v) is 6.39. The van der Waals surface area contributed by atoms with Gasteiger partial charge in [-0.2, -0.15) is 4.31 Å². The Morgan fingerprint density at radius 2 is 1.30 bits per heavy atom. The standard InChI is InChI=1S/C17H13F6NO2S/c18-10-6-4-9(5-7-10)8-24(11-2-1-3-11)27(25,26)17-15(22)13(20)12(19)14(21)16(17)23/h4-7,11H,1-3,8H2. The number of rotatable bonds is 5. The van der Waals surface area contributed by atoms with Gasteiger partial charge in [0.2, 0.25) is 15.8 Å². The molecule has 0 unspecified atom stereocenters. The van der Waals surface area contributed by atoms with Gasteiger partial charge in [-0.3, -0.25) is 0 Å². The number of benzene rings is 2. The fraction of sp³-hybridized carbons (Fsp3) is 0.294. The molecule has 1 aliphatic carbocycles. The number of hydrogen-bond donors (Lipinski definition) is 0. The van der Waals surface area contributed by atoms with Gasteiger partial charge in [0, 0.05) is 12.6 Å². The highest BCUT2D eigenvalue weighted by Crippen LogP contribution is 2.35. The molecule has 0 bridgehead atoms. The van der Waals surface area contributed by atoms with Gasteiger partial charge in [0.25, 0.3) is 0 Å². The van der Waals surface area contributed by atoms with Gasteiger partial charge in [-0.15, -0.1) is 0 Å². The van der Waals surface area contributed by atoms with E-state index in [1.165, 1.54) is 12.1 Å². The predicted molar refractivity (Wildman–Crippen MR) is 83.0 cm³/mol. The van der Waals surface area contributed by atoms with Crippen molar-refractivity contribution in [3.8, 4) is 0 Å². The van der Waals surface area contributed by atoms with E-state index in [0.717, 1.165) is 12.1 Å². The second-order valence-electron chi connectivity index (χ2n) is 6.16. The van der Waals surface area contributed by atoms with E-state index in [4.69, 9.17) is 0 Å². The van der Waals surface area contributed by atoms with Crippen LogP contribution in [-0.2, 0) is 16.6 Å². The summed E-state index contributed by atoms with van der Waals surface area (Å²) >= 11 is 0. The van der Waals surface area contributed by atoms with E-state index < -0.39 is 62.4 Å². The zero-order valence-electron chi connectivity index (χ0n) is 13.7. The van der Waals surface area contributed by atoms with E-state index in [-0.39, 0.29) is 0 Å². The van der Waals surface area contributed by atoms with Gasteiger partial charge >= 0.3 is 0 Å². The van der Waals surface area contributed by atoms with Crippen molar-refractivity contribution in [2.24, 2.45) is 0 Å². The molecule has 0 atom stereocenters. The fourth-order valence-electron chi connectivity index (χ4n) is 2.78. The van der Waals surface area contributed by atoms with E-state index in [2.05, 4.69) is 0 Å². The Hall–Kier alpha value is -2.07. The summed E-state index contributed by atoms with van der Waals surface area (Å²) in [6, 6.07) is 4.03. The van der Waals surface area contributed by atoms with E-state index in [9.17, 15) is 34.8 Å². The average molecular weight is 409 g/mol. The lowest BCUT2D eigenvalue weighted by Gasteiger charge is -2.36. The average Bonchev–Trinajstić information content (AvgIpc) is 2.58. The maximum atomic E-state index is 14.1. The van der Waals surface area contributed by atoms with Crippen molar-refractivity contribution in [2.75, 3.05) is 0 Å². The molecule has 0 saturated heterocycles. The molecule has 0 N–H and O–H groups in total. The first-order valence-electron chi connectivity index (χ1n) is 7.92. The molecule has 3 nitrogen and oxygen atoms in total. The highest BCUT2D eigenvalue weighted by atomic mass is 32.2. The summed E-state index contributed by atoms with van der Waals surface area (Å²) in [5, 5.41) is 0. The molecule has 1 aliphatic rings. The van der Waals surface area contributed by atoms with Crippen LogP contribution in [0.5, 0.6) is 0 Å². The Balaban J connectivity index is 2.10. The Kier molecular flexibility index (Phi) is 5.22. The first-order chi connectivity index (χ1) is 12.6. The maximum Gasteiger partial charge on any atom is 0.249 e. The molecule has 2 aromatic carbocycles. The second-order valence-corrected chi connectivity index (χ2v) is 7.99. The van der Waals surface area contributed by atoms with Gasteiger partial charge in [0.1, 0.15) is 5.82 Å². The van der Waals surface area contributed by atoms with Gasteiger partial charge in [0.15, 0.2) is 28.2 Å². The molecule has 2 aromatic rings. The summed E-state index contributed by atoms with van der Waals surface area (Å²) in [6.45, 7) is -0.396. The van der Waals surface area contributed by atoms with E-state index in [1.54, 1.807) is 0 Å². The molecule has 146 valence electrons. The molecule has 0 amide bonds. The van der Waals surface area contributed by atoms with E-state index in [0.29, 0.717) is 29.1 Å². The summed E-state index contributed by atoms with van der Waals surface area (Å²) in [4.78, 5) is -1.88. The normalized spacial score (nSPS) is 15.2. The first-order valence-corrected chi connectivity index (χ1v) is 9.36. The van der Waals surface area contributed by atoms with Crippen LogP contribution in [0.25, 0.3) is 0 Å². The lowest BCUT2D eigenvalue weighted by atomic mass is 9.93. The van der Waals surface area contributed by atoms with Crippen LogP contribution < -0.4 is 0 Å². The topological polar surface area (TPSA) is 37.4 Å². The minimum absolute atomic E-state index is 0.302. The van der Waals surface area contributed by atoms with Crippen LogP contribution in [0, 0.1) is 34.9 Å². The van der Waals surface area contributed by atoms with Crippen LogP contribution in [0.15, 0.2) is 29.2 Å². The van der Waals surface area contributed by atoms with Crippen molar-refractivity contribution in [3.63, 3.8) is 0 Å². The van der Waals surface area contributed by atoms with Gasteiger partial charge < -0.3 is 0 Å². The van der Waals surface area contributed by atoms with Crippen molar-refractivity contribution < 1.29 is 34.8 Å². The lowest BCUT2D eigenvalue weighted by Crippen LogP contribution is -2.44. The molecule has 0 aliphatic heterocycles. The third-order valence-electron chi connectivity index (χ3n) is 4.47. The Bertz CT molecular complexity index is 945. The minimum atomic E-state index is -5.05. The zero-order chi connectivity index (χ0) is 19.9. The number of halogens is 6. The maximum absolute atomic E-state index is 14.1. The van der Waals surface area contributed by atoms with Crippen molar-refractivity contribution in [1.29, 1.82) is 0 Å². The van der Waals surface area contributed by atoms with Gasteiger partial charge in [-0.25, -0.2) is 34.8 Å². The quantitative estimate of drug-likeness (QED) is 0.420. The number of sulfonamides is 1. The lowest BCUT2D eigenvalue weighted by molar-refractivity contribution is 0.211. The smallest absolute Gasteiger partial charge is 0.207 e. The van der Waals surface area contributed by atoms with Crippen LogP contribution in [0.3, 0.4) is 0 Å². The molecule has 10 heteroatoms. The second kappa shape index (κ2) is 7.16. The first kappa shape index (κ1) is 19.7. The molecule has 0 heterocycles. The van der Waals surface area contributed by atoms with Crippen LogP contribution in [0.1, 0.15) is 24.8 Å². The highest BCUT2D eigenvalue weighted by molar-refractivity contribution is 7.89. The van der Waals surface area contributed by atoms with Crippen molar-refractivity contribution in [1.82, 2.24) is 4.31 Å². The largest absolute Gasteiger partial charge is 0.249 e. The molecular formula is C17H13F6NO2S. The van der Waals surface area contributed by atoms with Crippen molar-refractivity contribution >= 4 is 10.0 Å². The molecule has 0 aromatic heterocycles. The molecule has 27 heavy (non-hydrogen) atoms. The molecule has 1 saturated carbocycles. The minimum Gasteiger partial charge on any atom is -0.207 e. The fourth-order valence-corrected chi connectivity index (χ4v) is 4.57. The van der Waals surface area contributed by atoms with Crippen LogP contribution in [0.2, 0.25) is 0 Å². The molecule has 0 spiro atoms. The molecule has 1 fully saturated rings. The summed E-state index contributed by atoms with van der Waals surface area (Å²) in [5.41, 5.74) is 0.302. The predicted octanol–water partition coefficient (Wildman–Crippen LogP) is 4.26. The van der Waals surface area contributed by atoms with Crippen molar-refractivity contribution in [2.45, 2.75) is 36.7 Å². The SMILES string of the molecule is O=S(=O)(c1c(F)c(F)c(F)c(F)c1F)N(Cc1ccc(F)cc1)C1CCC1. The number of nitrogens with zero attached hydrogens (tertiary/aromatic N) is 1. The van der Waals surface area contributed by atoms with Crippen LogP contribution in [-0.4, -0.2) is 18.8 Å². The van der Waals surface area contributed by atoms with Gasteiger partial charge in [-0.05, 0) is 30.5 Å². The zero-order valence-corrected chi connectivity index (χ0v) is 14.5. The molecule has 0 radical (unpaired) electrons. The van der Waals surface area contributed by atoms with E-state index in [1.807, 2.05) is 0 Å². The van der Waals surface area contributed by atoms with E-state index >= 15 is 0 Å². The highest BCUT2D eigenvalue weighted by Gasteiger charge is 2.41. The summed E-state index contributed by atoms with van der Waals surface area (Å²) in [7, 11) is -5.05. The third kappa shape index (κ3) is 3.43. The van der Waals surface area contributed by atoms with Gasteiger partial charge in [-0.1, -0.05) is 18.6 Å². The molecular weight excluding hydrogens is 396 g/mol. The molecule has 3 rings (SSSR count). The van der Waals surface area contributed by atoms with Crippen LogP contribution in [0.4, 0.5) is 26.3 Å². The van der Waals surface area contributed by atoms with Crippen molar-refractivity contribution in [3.05, 3.63) is 64.7 Å². The van der Waals surface area contributed by atoms with Crippen LogP contribution >= 0.6 is 0 Å². The monoisotopic (exact) mass is 409 g/mol. The summed E-state index contributed by atoms with van der Waals surface area (Å²) in [5.74, 6) is -12.5. The summed E-state index contributed by atoms with van der Waals surface area (Å²) < 4.78 is 108. The number of hydrogen-bond acceptors (Lipinski definition) is 2. The Morgan fingerprint density at radius 3 is 1.74 bits per heavy atom. The van der Waals surface area contributed by atoms with Gasteiger partial charge in [0.05, 0.1) is 0 Å². The summed E-state index contributed by atoms with van der Waals surface area (Å²) in [6.07, 6.45) is 1.39.